The van der Waals surface area contributed by atoms with Crippen LogP contribution in [0, 0.1) is 18.6 Å². The second-order valence-electron chi connectivity index (χ2n) is 5.09. The lowest BCUT2D eigenvalue weighted by atomic mass is 10.0. The average molecular weight is 307 g/mol. The fourth-order valence-electron chi connectivity index (χ4n) is 2.19. The Kier molecular flexibility index (Phi) is 5.19. The maximum Gasteiger partial charge on any atom is 0.227 e. The van der Waals surface area contributed by atoms with Gasteiger partial charge in [-0.1, -0.05) is 6.92 Å². The van der Waals surface area contributed by atoms with Crippen LogP contribution in [0.4, 0.5) is 20.7 Å². The highest BCUT2D eigenvalue weighted by atomic mass is 19.1. The number of nitrogen functional groups attached to an aromatic ring is 1. The number of rotatable bonds is 6. The largest absolute Gasteiger partial charge is 0.368 e. The first kappa shape index (κ1) is 16.1. The van der Waals surface area contributed by atoms with E-state index in [9.17, 15) is 8.78 Å². The molecule has 3 N–H and O–H groups in total. The van der Waals surface area contributed by atoms with Gasteiger partial charge in [0.25, 0.3) is 0 Å². The summed E-state index contributed by atoms with van der Waals surface area (Å²) in [6.07, 6.45) is 1.84. The molecule has 118 valence electrons. The topological polar surface area (TPSA) is 76.7 Å². The van der Waals surface area contributed by atoms with Gasteiger partial charge < -0.3 is 11.1 Å². The molecule has 1 atom stereocenters. The fourth-order valence-corrected chi connectivity index (χ4v) is 2.19. The van der Waals surface area contributed by atoms with Crippen LogP contribution in [0.25, 0.3) is 0 Å². The molecule has 0 radical (unpaired) electrons. The van der Waals surface area contributed by atoms with E-state index in [4.69, 9.17) is 5.73 Å². The predicted octanol–water partition coefficient (Wildman–Crippen LogP) is 2.86. The van der Waals surface area contributed by atoms with Gasteiger partial charge in [-0.25, -0.2) is 8.78 Å². The molecule has 2 aromatic rings. The number of aryl methyl sites for hydroxylation is 2. The number of hydrogen-bond acceptors (Lipinski definition) is 5. The molecule has 0 aliphatic carbocycles. The third-order valence-electron chi connectivity index (χ3n) is 3.36. The summed E-state index contributed by atoms with van der Waals surface area (Å²) in [4.78, 5) is 12.1. The lowest BCUT2D eigenvalue weighted by Gasteiger charge is -2.17. The van der Waals surface area contributed by atoms with Crippen molar-refractivity contribution in [3.8, 4) is 0 Å². The van der Waals surface area contributed by atoms with Crippen LogP contribution in [0.1, 0.15) is 31.2 Å². The van der Waals surface area contributed by atoms with Gasteiger partial charge in [0.15, 0.2) is 0 Å². The van der Waals surface area contributed by atoms with Crippen molar-refractivity contribution in [2.75, 3.05) is 11.1 Å². The molecule has 22 heavy (non-hydrogen) atoms. The van der Waals surface area contributed by atoms with Crippen molar-refractivity contribution < 1.29 is 8.78 Å². The minimum Gasteiger partial charge on any atom is -0.368 e. The first-order chi connectivity index (χ1) is 10.5. The Morgan fingerprint density at radius 3 is 2.68 bits per heavy atom. The second kappa shape index (κ2) is 7.11. The number of nitrogens with two attached hydrogens (primary N) is 1. The molecule has 0 bridgehead atoms. The summed E-state index contributed by atoms with van der Waals surface area (Å²) in [6, 6.07) is 3.52. The number of anilines is 2. The predicted molar refractivity (Wildman–Crippen MR) is 81.4 cm³/mol. The zero-order chi connectivity index (χ0) is 16.1. The molecule has 0 saturated heterocycles. The Morgan fingerprint density at radius 2 is 2.00 bits per heavy atom. The van der Waals surface area contributed by atoms with Gasteiger partial charge >= 0.3 is 0 Å². The molecule has 5 nitrogen and oxygen atoms in total. The molecule has 0 fully saturated rings. The monoisotopic (exact) mass is 307 g/mol. The number of nitrogens with zero attached hydrogens (tertiary/aromatic N) is 3. The molecule has 0 amide bonds. The normalized spacial score (nSPS) is 12.2. The zero-order valence-electron chi connectivity index (χ0n) is 12.6. The zero-order valence-corrected chi connectivity index (χ0v) is 12.6. The maximum absolute atomic E-state index is 13.6. The van der Waals surface area contributed by atoms with Crippen LogP contribution in [0.5, 0.6) is 0 Å². The molecule has 0 spiro atoms. The molecule has 1 aromatic carbocycles. The van der Waals surface area contributed by atoms with Gasteiger partial charge in [0.1, 0.15) is 17.5 Å². The molecule has 1 unspecified atom stereocenters. The lowest BCUT2D eigenvalue weighted by molar-refractivity contribution is 0.566. The second-order valence-corrected chi connectivity index (χ2v) is 5.09. The van der Waals surface area contributed by atoms with E-state index in [-0.39, 0.29) is 12.0 Å². The highest BCUT2D eigenvalue weighted by Gasteiger charge is 2.12. The standard InChI is InChI=1S/C15H19F2N5/c1-3-12(21-15-20-9(2)19-14(18)22-15)6-4-10-8-11(16)5-7-13(10)17/h5,7-8,12H,3-4,6H2,1-2H3,(H3,18,19,20,21,22). The van der Waals surface area contributed by atoms with Crippen molar-refractivity contribution >= 4 is 11.9 Å². The number of benzene rings is 1. The Labute approximate surface area is 128 Å². The quantitative estimate of drug-likeness (QED) is 0.858. The van der Waals surface area contributed by atoms with E-state index in [0.717, 1.165) is 18.6 Å². The first-order valence-electron chi connectivity index (χ1n) is 7.16. The Bertz CT molecular complexity index is 628. The number of hydrogen-bond donors (Lipinski definition) is 2. The molecule has 1 aromatic heterocycles. The van der Waals surface area contributed by atoms with Gasteiger partial charge in [-0.05, 0) is 49.9 Å². The van der Waals surface area contributed by atoms with Crippen molar-refractivity contribution in [2.24, 2.45) is 0 Å². The van der Waals surface area contributed by atoms with E-state index in [1.54, 1.807) is 6.92 Å². The maximum atomic E-state index is 13.6. The van der Waals surface area contributed by atoms with E-state index in [2.05, 4.69) is 20.3 Å². The van der Waals surface area contributed by atoms with Gasteiger partial charge in [0.05, 0.1) is 0 Å². The summed E-state index contributed by atoms with van der Waals surface area (Å²) in [6.45, 7) is 3.73. The van der Waals surface area contributed by atoms with Crippen molar-refractivity contribution in [3.63, 3.8) is 0 Å². The summed E-state index contributed by atoms with van der Waals surface area (Å²) >= 11 is 0. The van der Waals surface area contributed by atoms with Gasteiger partial charge in [0.2, 0.25) is 11.9 Å². The Hall–Kier alpha value is -2.31. The number of aromatic nitrogens is 3. The average Bonchev–Trinajstić information content (AvgIpc) is 2.45. The van der Waals surface area contributed by atoms with Crippen LogP contribution < -0.4 is 11.1 Å². The summed E-state index contributed by atoms with van der Waals surface area (Å²) in [5.74, 6) is 0.258. The molecule has 1 heterocycles. The molecule has 0 aliphatic rings. The molecular weight excluding hydrogens is 288 g/mol. The van der Waals surface area contributed by atoms with Crippen LogP contribution >= 0.6 is 0 Å². The minimum absolute atomic E-state index is 0.0314. The fraction of sp³-hybridized carbons (Fsp3) is 0.400. The highest BCUT2D eigenvalue weighted by Crippen LogP contribution is 2.15. The third-order valence-corrected chi connectivity index (χ3v) is 3.36. The Balaban J connectivity index is 2.01. The molecule has 0 saturated carbocycles. The molecular formula is C15H19F2N5. The van der Waals surface area contributed by atoms with Gasteiger partial charge in [-0.15, -0.1) is 0 Å². The molecule has 7 heteroatoms. The van der Waals surface area contributed by atoms with Crippen molar-refractivity contribution in [2.45, 2.75) is 39.2 Å². The van der Waals surface area contributed by atoms with E-state index in [1.165, 1.54) is 6.07 Å². The van der Waals surface area contributed by atoms with Crippen LogP contribution in [0.15, 0.2) is 18.2 Å². The van der Waals surface area contributed by atoms with Gasteiger partial charge in [-0.3, -0.25) is 0 Å². The summed E-state index contributed by atoms with van der Waals surface area (Å²) in [5.41, 5.74) is 5.95. The molecule has 2 rings (SSSR count). The first-order valence-corrected chi connectivity index (χ1v) is 7.16. The van der Waals surface area contributed by atoms with Crippen molar-refractivity contribution in [3.05, 3.63) is 41.2 Å². The Morgan fingerprint density at radius 1 is 1.23 bits per heavy atom. The van der Waals surface area contributed by atoms with E-state index >= 15 is 0 Å². The SMILES string of the molecule is CCC(CCc1cc(F)ccc1F)Nc1nc(C)nc(N)n1. The van der Waals surface area contributed by atoms with Crippen LogP contribution in [0.3, 0.4) is 0 Å². The van der Waals surface area contributed by atoms with E-state index < -0.39 is 11.6 Å². The van der Waals surface area contributed by atoms with Gasteiger partial charge in [-0.2, -0.15) is 15.0 Å². The highest BCUT2D eigenvalue weighted by molar-refractivity contribution is 5.32. The van der Waals surface area contributed by atoms with Crippen LogP contribution in [-0.4, -0.2) is 21.0 Å². The lowest BCUT2D eigenvalue weighted by Crippen LogP contribution is -2.22. The summed E-state index contributed by atoms with van der Waals surface area (Å²) in [5, 5.41) is 3.16. The molecule has 0 aliphatic heterocycles. The van der Waals surface area contributed by atoms with Crippen LogP contribution in [-0.2, 0) is 6.42 Å². The number of halogens is 2. The van der Waals surface area contributed by atoms with E-state index in [0.29, 0.717) is 30.2 Å². The summed E-state index contributed by atoms with van der Waals surface area (Å²) < 4.78 is 26.8. The third kappa shape index (κ3) is 4.34. The van der Waals surface area contributed by atoms with E-state index in [1.807, 2.05) is 6.92 Å². The van der Waals surface area contributed by atoms with Crippen molar-refractivity contribution in [1.29, 1.82) is 0 Å². The number of nitrogens with one attached hydrogen (secondary N) is 1. The summed E-state index contributed by atoms with van der Waals surface area (Å²) in [7, 11) is 0. The van der Waals surface area contributed by atoms with Crippen LogP contribution in [0.2, 0.25) is 0 Å². The van der Waals surface area contributed by atoms with Crippen molar-refractivity contribution in [1.82, 2.24) is 15.0 Å². The smallest absolute Gasteiger partial charge is 0.227 e. The van der Waals surface area contributed by atoms with Gasteiger partial charge in [0, 0.05) is 6.04 Å². The minimum atomic E-state index is -0.432.